The third-order valence-electron chi connectivity index (χ3n) is 5.36. The van der Waals surface area contributed by atoms with Gasteiger partial charge in [-0.1, -0.05) is 35.9 Å². The number of hydrogen-bond acceptors (Lipinski definition) is 5. The van der Waals surface area contributed by atoms with Crippen LogP contribution in [0.15, 0.2) is 42.5 Å². The molecule has 1 fully saturated rings. The number of morpholine rings is 1. The number of likely N-dealkylation sites (N-methyl/N-ethyl adjacent to an activating group) is 1. The van der Waals surface area contributed by atoms with Crippen LogP contribution in [0.4, 0.5) is 0 Å². The molecule has 1 saturated heterocycles. The molecule has 160 valence electrons. The summed E-state index contributed by atoms with van der Waals surface area (Å²) in [5.41, 5.74) is 5.00. The van der Waals surface area contributed by atoms with E-state index in [0.29, 0.717) is 12.1 Å². The lowest BCUT2D eigenvalue weighted by atomic mass is 10.1. The van der Waals surface area contributed by atoms with E-state index in [-0.39, 0.29) is 12.5 Å². The minimum atomic E-state index is -0.485. The summed E-state index contributed by atoms with van der Waals surface area (Å²) >= 11 is 0. The van der Waals surface area contributed by atoms with Crippen molar-refractivity contribution in [1.29, 1.82) is 0 Å². The van der Waals surface area contributed by atoms with Crippen molar-refractivity contribution in [3.63, 3.8) is 0 Å². The maximum absolute atomic E-state index is 12.4. The molecule has 0 unspecified atom stereocenters. The average Bonchev–Trinajstić information content (AvgIpc) is 2.75. The highest BCUT2D eigenvalue weighted by Gasteiger charge is 2.15. The number of nitrogens with zero attached hydrogens (tertiary/aromatic N) is 2. The Labute approximate surface area is 178 Å². The summed E-state index contributed by atoms with van der Waals surface area (Å²) in [6.07, 6.45) is 0. The zero-order chi connectivity index (χ0) is 21.5. The Kier molecular flexibility index (Phi) is 7.60. The number of carbonyl (C=O) groups is 2. The van der Waals surface area contributed by atoms with Gasteiger partial charge in [0.15, 0.2) is 6.61 Å². The molecule has 2 aromatic rings. The van der Waals surface area contributed by atoms with Gasteiger partial charge in [0.1, 0.15) is 0 Å². The lowest BCUT2D eigenvalue weighted by Gasteiger charge is -2.26. The number of ether oxygens (including phenoxy) is 2. The molecule has 0 atom stereocenters. The molecule has 1 aliphatic rings. The normalized spacial score (nSPS) is 14.4. The number of benzene rings is 2. The van der Waals surface area contributed by atoms with Crippen LogP contribution in [-0.2, 0) is 27.4 Å². The predicted molar refractivity (Wildman–Crippen MR) is 115 cm³/mol. The maximum Gasteiger partial charge on any atom is 0.338 e. The molecule has 30 heavy (non-hydrogen) atoms. The van der Waals surface area contributed by atoms with Gasteiger partial charge in [-0.05, 0) is 42.7 Å². The predicted octanol–water partition coefficient (Wildman–Crippen LogP) is 2.95. The van der Waals surface area contributed by atoms with Crippen LogP contribution < -0.4 is 0 Å². The number of aryl methyl sites for hydroxylation is 2. The van der Waals surface area contributed by atoms with Crippen molar-refractivity contribution in [1.82, 2.24) is 9.80 Å². The van der Waals surface area contributed by atoms with Crippen LogP contribution in [0.25, 0.3) is 0 Å². The summed E-state index contributed by atoms with van der Waals surface area (Å²) in [6, 6.07) is 13.5. The summed E-state index contributed by atoms with van der Waals surface area (Å²) in [7, 11) is 1.72. The minimum Gasteiger partial charge on any atom is -0.452 e. The van der Waals surface area contributed by atoms with E-state index in [0.717, 1.165) is 49.5 Å². The summed E-state index contributed by atoms with van der Waals surface area (Å²) in [5.74, 6) is -0.714. The van der Waals surface area contributed by atoms with Crippen LogP contribution in [0.3, 0.4) is 0 Å². The van der Waals surface area contributed by atoms with E-state index in [1.807, 2.05) is 38.1 Å². The fourth-order valence-corrected chi connectivity index (χ4v) is 3.45. The van der Waals surface area contributed by atoms with Crippen LogP contribution in [0.2, 0.25) is 0 Å². The van der Waals surface area contributed by atoms with Crippen LogP contribution in [-0.4, -0.2) is 61.6 Å². The molecule has 0 spiro atoms. The van der Waals surface area contributed by atoms with Crippen molar-refractivity contribution in [2.75, 3.05) is 40.0 Å². The molecule has 3 rings (SSSR count). The molecule has 6 nitrogen and oxygen atoms in total. The largest absolute Gasteiger partial charge is 0.452 e. The minimum absolute atomic E-state index is 0.229. The average molecular weight is 411 g/mol. The Hall–Kier alpha value is -2.70. The van der Waals surface area contributed by atoms with Crippen molar-refractivity contribution in [3.05, 3.63) is 70.3 Å². The van der Waals surface area contributed by atoms with Gasteiger partial charge in [-0.15, -0.1) is 0 Å². The zero-order valence-corrected chi connectivity index (χ0v) is 18.0. The van der Waals surface area contributed by atoms with E-state index >= 15 is 0 Å². The van der Waals surface area contributed by atoms with Crippen molar-refractivity contribution >= 4 is 11.9 Å². The van der Waals surface area contributed by atoms with Crippen LogP contribution in [0.1, 0.15) is 32.6 Å². The van der Waals surface area contributed by atoms with E-state index < -0.39 is 5.97 Å². The molecule has 0 radical (unpaired) electrons. The first-order valence-electron chi connectivity index (χ1n) is 10.3. The fourth-order valence-electron chi connectivity index (χ4n) is 3.45. The van der Waals surface area contributed by atoms with Gasteiger partial charge in [-0.3, -0.25) is 9.69 Å². The van der Waals surface area contributed by atoms with Gasteiger partial charge >= 0.3 is 5.97 Å². The Morgan fingerprint density at radius 3 is 2.43 bits per heavy atom. The first-order valence-corrected chi connectivity index (χ1v) is 10.3. The highest BCUT2D eigenvalue weighted by molar-refractivity contribution is 5.91. The molecule has 1 amide bonds. The number of carbonyl (C=O) groups excluding carboxylic acids is 2. The topological polar surface area (TPSA) is 59.1 Å². The Bertz CT molecular complexity index is 873. The van der Waals surface area contributed by atoms with Gasteiger partial charge in [0, 0.05) is 33.2 Å². The Morgan fingerprint density at radius 1 is 1.07 bits per heavy atom. The fraction of sp³-hybridized carbons (Fsp3) is 0.417. The second-order valence-electron chi connectivity index (χ2n) is 7.84. The Balaban J connectivity index is 1.47. The number of esters is 1. The van der Waals surface area contributed by atoms with Gasteiger partial charge in [0.25, 0.3) is 5.91 Å². The smallest absolute Gasteiger partial charge is 0.338 e. The van der Waals surface area contributed by atoms with Gasteiger partial charge in [0.2, 0.25) is 0 Å². The molecule has 6 heteroatoms. The van der Waals surface area contributed by atoms with E-state index in [1.165, 1.54) is 5.56 Å². The highest BCUT2D eigenvalue weighted by Crippen LogP contribution is 2.13. The molecule has 1 heterocycles. The molecule has 0 aliphatic carbocycles. The lowest BCUT2D eigenvalue weighted by Crippen LogP contribution is -2.35. The van der Waals surface area contributed by atoms with E-state index in [2.05, 4.69) is 11.0 Å². The number of amides is 1. The summed E-state index contributed by atoms with van der Waals surface area (Å²) in [5, 5.41) is 0. The van der Waals surface area contributed by atoms with Crippen molar-refractivity contribution in [2.24, 2.45) is 0 Å². The zero-order valence-electron chi connectivity index (χ0n) is 18.0. The van der Waals surface area contributed by atoms with Crippen LogP contribution in [0.5, 0.6) is 0 Å². The first kappa shape index (κ1) is 22.0. The number of hydrogen-bond donors (Lipinski definition) is 0. The molecule has 0 saturated carbocycles. The molecule has 0 N–H and O–H groups in total. The monoisotopic (exact) mass is 410 g/mol. The molecule has 2 aromatic carbocycles. The van der Waals surface area contributed by atoms with E-state index in [1.54, 1.807) is 24.1 Å². The number of rotatable bonds is 7. The van der Waals surface area contributed by atoms with E-state index in [9.17, 15) is 9.59 Å². The molecule has 0 bridgehead atoms. The molecular weight excluding hydrogens is 380 g/mol. The van der Waals surface area contributed by atoms with Crippen LogP contribution >= 0.6 is 0 Å². The van der Waals surface area contributed by atoms with Crippen molar-refractivity contribution < 1.29 is 19.1 Å². The second-order valence-corrected chi connectivity index (χ2v) is 7.84. The SMILES string of the molecule is Cc1ccc(CN(C)C(=O)COC(=O)c2ccc(CN3CCOCC3)cc2)c(C)c1. The van der Waals surface area contributed by atoms with Crippen molar-refractivity contribution in [3.8, 4) is 0 Å². The lowest BCUT2D eigenvalue weighted by molar-refractivity contribution is -0.133. The molecular formula is C24H30N2O4. The van der Waals surface area contributed by atoms with Crippen LogP contribution in [0, 0.1) is 13.8 Å². The van der Waals surface area contributed by atoms with Gasteiger partial charge < -0.3 is 14.4 Å². The summed E-state index contributed by atoms with van der Waals surface area (Å²) < 4.78 is 10.6. The molecule has 0 aromatic heterocycles. The third-order valence-corrected chi connectivity index (χ3v) is 5.36. The highest BCUT2D eigenvalue weighted by atomic mass is 16.5. The van der Waals surface area contributed by atoms with Crippen molar-refractivity contribution in [2.45, 2.75) is 26.9 Å². The summed E-state index contributed by atoms with van der Waals surface area (Å²) in [6.45, 7) is 8.48. The summed E-state index contributed by atoms with van der Waals surface area (Å²) in [4.78, 5) is 28.6. The Morgan fingerprint density at radius 2 is 1.77 bits per heavy atom. The quantitative estimate of drug-likeness (QED) is 0.657. The third kappa shape index (κ3) is 6.15. The molecule has 1 aliphatic heterocycles. The van der Waals surface area contributed by atoms with Gasteiger partial charge in [-0.2, -0.15) is 0 Å². The van der Waals surface area contributed by atoms with E-state index in [4.69, 9.17) is 9.47 Å². The first-order chi connectivity index (χ1) is 14.4. The maximum atomic E-state index is 12.4. The van der Waals surface area contributed by atoms with Gasteiger partial charge in [-0.25, -0.2) is 4.79 Å². The second kappa shape index (κ2) is 10.4. The van der Waals surface area contributed by atoms with Gasteiger partial charge in [0.05, 0.1) is 18.8 Å². The standard InChI is InChI=1S/C24H30N2O4/c1-18-4-7-22(19(2)14-18)16-25(3)23(27)17-30-24(28)21-8-5-20(6-9-21)15-26-10-12-29-13-11-26/h4-9,14H,10-13,15-17H2,1-3H3.